The maximum atomic E-state index is 15.5. The van der Waals surface area contributed by atoms with E-state index in [9.17, 15) is 13.2 Å². The number of benzene rings is 3. The van der Waals surface area contributed by atoms with E-state index >= 15 is 8.78 Å². The van der Waals surface area contributed by atoms with Crippen LogP contribution in [0.1, 0.15) is 23.2 Å². The van der Waals surface area contributed by atoms with Gasteiger partial charge in [-0.1, -0.05) is 29.8 Å². The average Bonchev–Trinajstić information content (AvgIpc) is 3.68. The summed E-state index contributed by atoms with van der Waals surface area (Å²) in [6.45, 7) is 0.253. The molecule has 0 atom stereocenters. The van der Waals surface area contributed by atoms with Crippen molar-refractivity contribution in [1.29, 1.82) is 0 Å². The van der Waals surface area contributed by atoms with Gasteiger partial charge in [0.15, 0.2) is 11.6 Å². The lowest BCUT2D eigenvalue weighted by molar-refractivity contribution is 0.0270. The zero-order valence-electron chi connectivity index (χ0n) is 18.9. The van der Waals surface area contributed by atoms with Gasteiger partial charge in [-0.3, -0.25) is 13.9 Å². The first-order valence-electron chi connectivity index (χ1n) is 10.8. The number of nitrogens with zero attached hydrogens (tertiary/aromatic N) is 1. The van der Waals surface area contributed by atoms with Crippen molar-refractivity contribution in [3.8, 4) is 0 Å². The molecule has 7 nitrogen and oxygen atoms in total. The van der Waals surface area contributed by atoms with Crippen LogP contribution in [0.5, 0.6) is 0 Å². The molecule has 3 aromatic rings. The summed E-state index contributed by atoms with van der Waals surface area (Å²) in [6, 6.07) is 13.5. The van der Waals surface area contributed by atoms with Crippen molar-refractivity contribution in [2.75, 3.05) is 23.3 Å². The van der Waals surface area contributed by atoms with Crippen LogP contribution >= 0.6 is 34.2 Å². The fourth-order valence-corrected chi connectivity index (χ4v) is 5.49. The van der Waals surface area contributed by atoms with Gasteiger partial charge in [0.2, 0.25) is 0 Å². The molecule has 0 heterocycles. The monoisotopic (exact) mass is 647 g/mol. The second-order valence-corrected chi connectivity index (χ2v) is 11.8. The molecule has 1 amide bonds. The number of hydrogen-bond acceptors (Lipinski definition) is 5. The van der Waals surface area contributed by atoms with Crippen LogP contribution in [0.3, 0.4) is 0 Å². The lowest BCUT2D eigenvalue weighted by Crippen LogP contribution is -2.30. The van der Waals surface area contributed by atoms with Crippen molar-refractivity contribution >= 4 is 67.2 Å². The molecule has 0 radical (unpaired) electrons. The number of carbonyl (C=O) groups excluding carboxylic acids is 1. The Balaban J connectivity index is 1.79. The molecule has 2 N–H and O–H groups in total. The standard InChI is InChI=1S/C24H21ClF2IN3O4S/c1-31(16-5-3-2-4-6-16)36(33,34)20-12-17(24(32)30-35-13-14-7-8-14)23(22(27)21(20)26)29-19-10-9-15(28)11-18(19)25/h2-6,9-12,14,29H,7-8,13H2,1H3,(H,30,32). The summed E-state index contributed by atoms with van der Waals surface area (Å²) in [5, 5.41) is 2.83. The van der Waals surface area contributed by atoms with Crippen molar-refractivity contribution in [3.05, 3.63) is 80.4 Å². The van der Waals surface area contributed by atoms with Gasteiger partial charge < -0.3 is 5.32 Å². The molecule has 12 heteroatoms. The van der Waals surface area contributed by atoms with E-state index in [1.807, 2.05) is 22.6 Å². The van der Waals surface area contributed by atoms with Gasteiger partial charge in [0.1, 0.15) is 4.90 Å². The number of para-hydroxylation sites is 1. The van der Waals surface area contributed by atoms with Gasteiger partial charge in [0.05, 0.1) is 34.3 Å². The number of hydroxylamine groups is 1. The van der Waals surface area contributed by atoms with E-state index < -0.39 is 43.7 Å². The zero-order chi connectivity index (χ0) is 26.0. The maximum absolute atomic E-state index is 15.5. The third-order valence-corrected chi connectivity index (χ3v) is 8.32. The van der Waals surface area contributed by atoms with Crippen LogP contribution in [0.2, 0.25) is 5.02 Å². The van der Waals surface area contributed by atoms with Gasteiger partial charge >= 0.3 is 0 Å². The third-order valence-electron chi connectivity index (χ3n) is 5.55. The Bertz CT molecular complexity index is 1410. The minimum Gasteiger partial charge on any atom is -0.351 e. The minimum absolute atomic E-state index is 0.193. The lowest BCUT2D eigenvalue weighted by atomic mass is 10.1. The molecule has 1 aliphatic rings. The molecular weight excluding hydrogens is 627 g/mol. The summed E-state index contributed by atoms with van der Waals surface area (Å²) < 4.78 is 58.9. The summed E-state index contributed by atoms with van der Waals surface area (Å²) in [6.07, 6.45) is 1.93. The van der Waals surface area contributed by atoms with Crippen LogP contribution in [-0.4, -0.2) is 28.0 Å². The highest BCUT2D eigenvalue weighted by Crippen LogP contribution is 2.35. The predicted octanol–water partition coefficient (Wildman–Crippen LogP) is 5.86. The van der Waals surface area contributed by atoms with Crippen molar-refractivity contribution in [1.82, 2.24) is 5.48 Å². The minimum atomic E-state index is -4.59. The van der Waals surface area contributed by atoms with Crippen LogP contribution in [-0.2, 0) is 14.9 Å². The molecule has 0 saturated heterocycles. The third kappa shape index (κ3) is 5.74. The lowest BCUT2D eigenvalue weighted by Gasteiger charge is -2.22. The topological polar surface area (TPSA) is 87.7 Å². The number of sulfonamides is 1. The van der Waals surface area contributed by atoms with E-state index in [1.165, 1.54) is 25.2 Å². The van der Waals surface area contributed by atoms with Gasteiger partial charge in [-0.2, -0.15) is 0 Å². The van der Waals surface area contributed by atoms with Crippen molar-refractivity contribution in [2.45, 2.75) is 17.7 Å². The van der Waals surface area contributed by atoms with Crippen LogP contribution in [0.15, 0.2) is 59.5 Å². The summed E-state index contributed by atoms with van der Waals surface area (Å²) in [5.41, 5.74) is 1.56. The number of halogens is 4. The summed E-state index contributed by atoms with van der Waals surface area (Å²) >= 11 is 8.26. The highest BCUT2D eigenvalue weighted by Gasteiger charge is 2.32. The predicted molar refractivity (Wildman–Crippen MR) is 142 cm³/mol. The number of carbonyl (C=O) groups is 1. The molecule has 1 saturated carbocycles. The largest absolute Gasteiger partial charge is 0.351 e. The van der Waals surface area contributed by atoms with Crippen molar-refractivity contribution in [2.24, 2.45) is 5.92 Å². The highest BCUT2D eigenvalue weighted by atomic mass is 127. The van der Waals surface area contributed by atoms with Gasteiger partial charge in [-0.25, -0.2) is 22.7 Å². The number of nitrogens with one attached hydrogen (secondary N) is 2. The van der Waals surface area contributed by atoms with Gasteiger partial charge in [0, 0.05) is 10.6 Å². The van der Waals surface area contributed by atoms with E-state index in [0.29, 0.717) is 5.92 Å². The number of hydrogen-bond donors (Lipinski definition) is 2. The van der Waals surface area contributed by atoms with Gasteiger partial charge in [0.25, 0.3) is 15.9 Å². The first-order valence-corrected chi connectivity index (χ1v) is 13.7. The molecule has 0 unspecified atom stereocenters. The van der Waals surface area contributed by atoms with Crippen molar-refractivity contribution in [3.63, 3.8) is 0 Å². The molecule has 4 rings (SSSR count). The maximum Gasteiger partial charge on any atom is 0.277 e. The van der Waals surface area contributed by atoms with Crippen LogP contribution in [0.4, 0.5) is 25.8 Å². The Morgan fingerprint density at radius 3 is 2.47 bits per heavy atom. The van der Waals surface area contributed by atoms with Gasteiger partial charge in [-0.05, 0) is 77.7 Å². The first-order chi connectivity index (χ1) is 17.1. The van der Waals surface area contributed by atoms with Gasteiger partial charge in [-0.15, -0.1) is 0 Å². The van der Waals surface area contributed by atoms with Crippen LogP contribution in [0, 0.1) is 21.1 Å². The molecule has 1 aliphatic carbocycles. The van der Waals surface area contributed by atoms with E-state index in [1.54, 1.807) is 30.3 Å². The highest BCUT2D eigenvalue weighted by molar-refractivity contribution is 14.1. The fourth-order valence-electron chi connectivity index (χ4n) is 3.31. The Hall–Kier alpha value is -2.48. The van der Waals surface area contributed by atoms with E-state index in [2.05, 4.69) is 10.8 Å². The summed E-state index contributed by atoms with van der Waals surface area (Å²) in [5.74, 6) is -3.83. The fraction of sp³-hybridized carbons (Fsp3) is 0.208. The second-order valence-electron chi connectivity index (χ2n) is 8.17. The normalized spacial score (nSPS) is 13.4. The second kappa shape index (κ2) is 10.9. The van der Waals surface area contributed by atoms with E-state index in [4.69, 9.17) is 16.4 Å². The molecule has 0 aromatic heterocycles. The Morgan fingerprint density at radius 1 is 1.14 bits per heavy atom. The quantitative estimate of drug-likeness (QED) is 0.224. The van der Waals surface area contributed by atoms with Crippen LogP contribution < -0.4 is 15.1 Å². The Morgan fingerprint density at radius 2 is 1.83 bits per heavy atom. The zero-order valence-corrected chi connectivity index (χ0v) is 22.6. The molecule has 0 aliphatic heterocycles. The number of rotatable bonds is 9. The molecular formula is C24H21ClF2IN3O4S. The van der Waals surface area contributed by atoms with Crippen molar-refractivity contribution < 1.29 is 26.8 Å². The molecule has 3 aromatic carbocycles. The number of amides is 1. The Labute approximate surface area is 225 Å². The smallest absolute Gasteiger partial charge is 0.277 e. The Kier molecular flexibility index (Phi) is 8.03. The summed E-state index contributed by atoms with van der Waals surface area (Å²) in [4.78, 5) is 17.2. The van der Waals surface area contributed by atoms with E-state index in [0.717, 1.165) is 26.8 Å². The average molecular weight is 648 g/mol. The van der Waals surface area contributed by atoms with Crippen LogP contribution in [0.25, 0.3) is 0 Å². The first kappa shape index (κ1) is 26.6. The SMILES string of the molecule is CN(c1ccccc1)S(=O)(=O)c1cc(C(=O)NOCC2CC2)c(Nc2ccc(I)cc2Cl)c(F)c1F. The molecule has 0 bridgehead atoms. The molecule has 36 heavy (non-hydrogen) atoms. The number of anilines is 3. The molecule has 190 valence electrons. The van der Waals surface area contributed by atoms with E-state index in [-0.39, 0.29) is 23.0 Å². The summed E-state index contributed by atoms with van der Waals surface area (Å²) in [7, 11) is -3.38. The molecule has 1 fully saturated rings. The molecule has 0 spiro atoms.